The van der Waals surface area contributed by atoms with E-state index in [9.17, 15) is 0 Å². The number of pyridine rings is 1. The van der Waals surface area contributed by atoms with Crippen molar-refractivity contribution < 1.29 is 5.11 Å². The summed E-state index contributed by atoms with van der Waals surface area (Å²) in [5, 5.41) is 12.3. The highest BCUT2D eigenvalue weighted by Gasteiger charge is 1.98. The molecule has 0 aromatic carbocycles. The van der Waals surface area contributed by atoms with Crippen LogP contribution in [0.4, 0.5) is 5.82 Å². The standard InChI is InChI=1S/C9H11N5O/c10-9-8(6-15)4-7(5-12-9)2-1-3-13-14-11/h1-2,4-5,15H,3,6H2,(H2,10,12). The number of nitrogen functional groups attached to an aromatic ring is 1. The third-order valence-corrected chi connectivity index (χ3v) is 1.75. The van der Waals surface area contributed by atoms with Crippen LogP contribution in [-0.2, 0) is 6.61 Å². The van der Waals surface area contributed by atoms with Crippen molar-refractivity contribution in [2.45, 2.75) is 6.61 Å². The maximum atomic E-state index is 8.94. The average molecular weight is 205 g/mol. The molecule has 0 unspecified atom stereocenters. The summed E-state index contributed by atoms with van der Waals surface area (Å²) in [5.74, 6) is 0.324. The summed E-state index contributed by atoms with van der Waals surface area (Å²) in [5.41, 5.74) is 15.0. The van der Waals surface area contributed by atoms with Crippen LogP contribution < -0.4 is 5.73 Å². The van der Waals surface area contributed by atoms with Crippen LogP contribution in [0.2, 0.25) is 0 Å². The number of nitrogens with two attached hydrogens (primary N) is 1. The molecule has 0 saturated carbocycles. The smallest absolute Gasteiger partial charge is 0.128 e. The molecular formula is C9H11N5O. The number of hydrogen-bond donors (Lipinski definition) is 2. The van der Waals surface area contributed by atoms with E-state index in [1.165, 1.54) is 0 Å². The maximum absolute atomic E-state index is 8.94. The van der Waals surface area contributed by atoms with Gasteiger partial charge in [0.25, 0.3) is 0 Å². The quantitative estimate of drug-likeness (QED) is 0.441. The zero-order chi connectivity index (χ0) is 11.1. The van der Waals surface area contributed by atoms with Gasteiger partial charge < -0.3 is 10.8 Å². The lowest BCUT2D eigenvalue weighted by Crippen LogP contribution is -1.97. The van der Waals surface area contributed by atoms with Crippen molar-refractivity contribution in [3.8, 4) is 0 Å². The van der Waals surface area contributed by atoms with Gasteiger partial charge in [0, 0.05) is 23.2 Å². The van der Waals surface area contributed by atoms with Crippen molar-refractivity contribution in [3.63, 3.8) is 0 Å². The first kappa shape index (κ1) is 11.0. The summed E-state index contributed by atoms with van der Waals surface area (Å²) in [6.07, 6.45) is 5.04. The highest BCUT2D eigenvalue weighted by molar-refractivity contribution is 5.53. The van der Waals surface area contributed by atoms with Gasteiger partial charge in [0.1, 0.15) is 5.82 Å². The molecule has 0 aliphatic carbocycles. The lowest BCUT2D eigenvalue weighted by molar-refractivity contribution is 0.282. The van der Waals surface area contributed by atoms with Crippen molar-refractivity contribution in [2.75, 3.05) is 12.3 Å². The van der Waals surface area contributed by atoms with Crippen molar-refractivity contribution in [2.24, 2.45) is 5.11 Å². The first-order valence-corrected chi connectivity index (χ1v) is 4.30. The molecule has 0 bridgehead atoms. The Bertz CT molecular complexity index is 409. The van der Waals surface area contributed by atoms with E-state index in [0.29, 0.717) is 11.4 Å². The Labute approximate surface area is 86.7 Å². The van der Waals surface area contributed by atoms with Gasteiger partial charge in [0.15, 0.2) is 0 Å². The second-order valence-electron chi connectivity index (χ2n) is 2.79. The Hall–Kier alpha value is -2.04. The maximum Gasteiger partial charge on any atom is 0.128 e. The molecule has 1 aromatic rings. The lowest BCUT2D eigenvalue weighted by atomic mass is 10.2. The highest BCUT2D eigenvalue weighted by atomic mass is 16.3. The largest absolute Gasteiger partial charge is 0.392 e. The van der Waals surface area contributed by atoms with Crippen LogP contribution in [-0.4, -0.2) is 16.6 Å². The number of azide groups is 1. The van der Waals surface area contributed by atoms with Crippen LogP contribution in [0.3, 0.4) is 0 Å². The molecule has 78 valence electrons. The second kappa shape index (κ2) is 5.64. The Kier molecular flexibility index (Phi) is 4.15. The number of rotatable bonds is 4. The van der Waals surface area contributed by atoms with Gasteiger partial charge in [-0.15, -0.1) is 0 Å². The van der Waals surface area contributed by atoms with Crippen LogP contribution in [0.25, 0.3) is 16.5 Å². The number of anilines is 1. The second-order valence-corrected chi connectivity index (χ2v) is 2.79. The van der Waals surface area contributed by atoms with Crippen LogP contribution in [0.1, 0.15) is 11.1 Å². The van der Waals surface area contributed by atoms with Gasteiger partial charge in [-0.25, -0.2) is 4.98 Å². The number of aliphatic hydroxyl groups excluding tert-OH is 1. The van der Waals surface area contributed by atoms with Crippen LogP contribution in [0, 0.1) is 0 Å². The molecule has 0 spiro atoms. The van der Waals surface area contributed by atoms with Crippen molar-refractivity contribution >= 4 is 11.9 Å². The van der Waals surface area contributed by atoms with E-state index >= 15 is 0 Å². The van der Waals surface area contributed by atoms with Gasteiger partial charge >= 0.3 is 0 Å². The van der Waals surface area contributed by atoms with E-state index in [1.807, 2.05) is 0 Å². The molecule has 1 heterocycles. The Morgan fingerprint density at radius 3 is 3.13 bits per heavy atom. The van der Waals surface area contributed by atoms with E-state index in [4.69, 9.17) is 16.4 Å². The van der Waals surface area contributed by atoms with Crippen LogP contribution in [0.15, 0.2) is 23.5 Å². The Balaban J connectivity index is 2.78. The first-order chi connectivity index (χ1) is 7.27. The molecule has 0 aliphatic heterocycles. The summed E-state index contributed by atoms with van der Waals surface area (Å²) >= 11 is 0. The fraction of sp³-hybridized carbons (Fsp3) is 0.222. The summed E-state index contributed by atoms with van der Waals surface area (Å²) in [6.45, 7) is 0.145. The minimum Gasteiger partial charge on any atom is -0.392 e. The van der Waals surface area contributed by atoms with Gasteiger partial charge in [-0.05, 0) is 17.2 Å². The predicted molar refractivity (Wildman–Crippen MR) is 57.6 cm³/mol. The summed E-state index contributed by atoms with van der Waals surface area (Å²) in [7, 11) is 0. The third kappa shape index (κ3) is 3.30. The molecular weight excluding hydrogens is 194 g/mol. The molecule has 3 N–H and O–H groups in total. The van der Waals surface area contributed by atoms with Crippen molar-refractivity contribution in [1.29, 1.82) is 0 Å². The minimum atomic E-state index is -0.142. The normalized spacial score (nSPS) is 10.2. The molecule has 0 atom stereocenters. The molecule has 0 amide bonds. The lowest BCUT2D eigenvalue weighted by Gasteiger charge is -2.01. The van der Waals surface area contributed by atoms with E-state index in [-0.39, 0.29) is 13.2 Å². The molecule has 0 fully saturated rings. The molecule has 0 aliphatic rings. The molecule has 1 rings (SSSR count). The summed E-state index contributed by atoms with van der Waals surface area (Å²) in [4.78, 5) is 6.52. The molecule has 15 heavy (non-hydrogen) atoms. The van der Waals surface area contributed by atoms with Gasteiger partial charge in [-0.2, -0.15) is 0 Å². The van der Waals surface area contributed by atoms with Crippen molar-refractivity contribution in [1.82, 2.24) is 4.98 Å². The molecule has 6 heteroatoms. The minimum absolute atomic E-state index is 0.142. The molecule has 6 nitrogen and oxygen atoms in total. The zero-order valence-electron chi connectivity index (χ0n) is 8.04. The fourth-order valence-corrected chi connectivity index (χ4v) is 1.03. The van der Waals surface area contributed by atoms with E-state index in [2.05, 4.69) is 15.0 Å². The summed E-state index contributed by atoms with van der Waals surface area (Å²) in [6, 6.07) is 1.73. The third-order valence-electron chi connectivity index (χ3n) is 1.75. The molecule has 1 aromatic heterocycles. The Morgan fingerprint density at radius 2 is 2.47 bits per heavy atom. The van der Waals surface area contributed by atoms with Crippen LogP contribution >= 0.6 is 0 Å². The number of hydrogen-bond acceptors (Lipinski definition) is 4. The van der Waals surface area contributed by atoms with E-state index < -0.39 is 0 Å². The summed E-state index contributed by atoms with van der Waals surface area (Å²) < 4.78 is 0. The predicted octanol–water partition coefficient (Wildman–Crippen LogP) is 1.48. The first-order valence-electron chi connectivity index (χ1n) is 4.30. The topological polar surface area (TPSA) is 108 Å². The monoisotopic (exact) mass is 205 g/mol. The van der Waals surface area contributed by atoms with Gasteiger partial charge in [0.05, 0.1) is 6.61 Å². The van der Waals surface area contributed by atoms with Gasteiger partial charge in [-0.1, -0.05) is 17.3 Å². The van der Waals surface area contributed by atoms with E-state index in [0.717, 1.165) is 5.56 Å². The highest BCUT2D eigenvalue weighted by Crippen LogP contribution is 2.11. The SMILES string of the molecule is [N-]=[N+]=NCC=Cc1cnc(N)c(CO)c1. The number of nitrogens with zero attached hydrogens (tertiary/aromatic N) is 4. The number of aromatic nitrogens is 1. The Morgan fingerprint density at radius 1 is 1.67 bits per heavy atom. The zero-order valence-corrected chi connectivity index (χ0v) is 8.04. The molecule has 0 saturated heterocycles. The molecule has 0 radical (unpaired) electrons. The van der Waals surface area contributed by atoms with Crippen LogP contribution in [0.5, 0.6) is 0 Å². The van der Waals surface area contributed by atoms with E-state index in [1.54, 1.807) is 24.4 Å². The fourth-order valence-electron chi connectivity index (χ4n) is 1.03. The van der Waals surface area contributed by atoms with Gasteiger partial charge in [-0.3, -0.25) is 0 Å². The van der Waals surface area contributed by atoms with Crippen molar-refractivity contribution in [3.05, 3.63) is 39.9 Å². The average Bonchev–Trinajstić information content (AvgIpc) is 2.26. The number of aliphatic hydroxyl groups is 1. The van der Waals surface area contributed by atoms with Gasteiger partial charge in [0.2, 0.25) is 0 Å².